The highest BCUT2D eigenvalue weighted by Crippen LogP contribution is 2.26. The second-order valence-corrected chi connectivity index (χ2v) is 7.63. The molecule has 5 nitrogen and oxygen atoms in total. The number of benzene rings is 1. The Hall–Kier alpha value is -2.56. The van der Waals surface area contributed by atoms with E-state index in [1.807, 2.05) is 30.1 Å². The molecule has 132 valence electrons. The fourth-order valence-corrected chi connectivity index (χ4v) is 2.84. The molecule has 1 aromatic carbocycles. The van der Waals surface area contributed by atoms with Gasteiger partial charge in [0.2, 0.25) is 0 Å². The van der Waals surface area contributed by atoms with Crippen molar-refractivity contribution < 1.29 is 4.79 Å². The number of hydrogen-bond acceptors (Lipinski definition) is 2. The first-order chi connectivity index (χ1) is 11.8. The molecular weight excluding hydrogens is 312 g/mol. The Kier molecular flexibility index (Phi) is 4.66. The summed E-state index contributed by atoms with van der Waals surface area (Å²) in [6.45, 7) is 10.0. The molecular formula is C20H26N4O. The van der Waals surface area contributed by atoms with Gasteiger partial charge in [0.25, 0.3) is 5.91 Å². The first kappa shape index (κ1) is 17.3. The lowest BCUT2D eigenvalue weighted by molar-refractivity contribution is 0.0948. The molecule has 0 radical (unpaired) electrons. The SMILES string of the molecule is Cc1cnn(CCCNC(=O)c2cc3ccc(C(C)(C)C)cc3[nH]2)c1. The fourth-order valence-electron chi connectivity index (χ4n) is 2.84. The third kappa shape index (κ3) is 4.10. The number of rotatable bonds is 5. The molecule has 0 saturated heterocycles. The van der Waals surface area contributed by atoms with Crippen molar-refractivity contribution in [1.29, 1.82) is 0 Å². The molecule has 3 aromatic rings. The normalized spacial score (nSPS) is 11.8. The average molecular weight is 338 g/mol. The number of carbonyl (C=O) groups excluding carboxylic acids is 1. The molecule has 2 aromatic heterocycles. The molecule has 3 rings (SSSR count). The van der Waals surface area contributed by atoms with Crippen molar-refractivity contribution in [3.05, 3.63) is 53.5 Å². The lowest BCUT2D eigenvalue weighted by Gasteiger charge is -2.18. The van der Waals surface area contributed by atoms with Gasteiger partial charge >= 0.3 is 0 Å². The van der Waals surface area contributed by atoms with Crippen molar-refractivity contribution in [2.75, 3.05) is 6.54 Å². The number of aromatic nitrogens is 3. The highest BCUT2D eigenvalue weighted by atomic mass is 16.1. The van der Waals surface area contributed by atoms with Gasteiger partial charge in [0.05, 0.1) is 6.20 Å². The summed E-state index contributed by atoms with van der Waals surface area (Å²) in [5.74, 6) is -0.0647. The Morgan fingerprint density at radius 1 is 1.28 bits per heavy atom. The Bertz CT molecular complexity index is 883. The first-order valence-electron chi connectivity index (χ1n) is 8.73. The molecule has 0 saturated carbocycles. The number of nitrogens with zero attached hydrogens (tertiary/aromatic N) is 2. The van der Waals surface area contributed by atoms with E-state index in [0.717, 1.165) is 29.4 Å². The van der Waals surface area contributed by atoms with Crippen molar-refractivity contribution in [1.82, 2.24) is 20.1 Å². The predicted molar refractivity (Wildman–Crippen MR) is 101 cm³/mol. The molecule has 0 atom stereocenters. The van der Waals surface area contributed by atoms with Crippen LogP contribution in [0.15, 0.2) is 36.7 Å². The number of H-pyrrole nitrogens is 1. The Morgan fingerprint density at radius 2 is 2.08 bits per heavy atom. The molecule has 0 spiro atoms. The maximum atomic E-state index is 12.3. The van der Waals surface area contributed by atoms with Crippen LogP contribution in [0.1, 0.15) is 48.8 Å². The van der Waals surface area contributed by atoms with E-state index >= 15 is 0 Å². The number of carbonyl (C=O) groups is 1. The summed E-state index contributed by atoms with van der Waals surface area (Å²) in [5.41, 5.74) is 4.10. The molecule has 2 N–H and O–H groups in total. The average Bonchev–Trinajstić information content (AvgIpc) is 3.15. The predicted octanol–water partition coefficient (Wildman–Crippen LogP) is 3.79. The van der Waals surface area contributed by atoms with E-state index in [0.29, 0.717) is 12.2 Å². The largest absolute Gasteiger partial charge is 0.351 e. The Morgan fingerprint density at radius 3 is 2.76 bits per heavy atom. The summed E-state index contributed by atoms with van der Waals surface area (Å²) >= 11 is 0. The van der Waals surface area contributed by atoms with E-state index in [-0.39, 0.29) is 11.3 Å². The quantitative estimate of drug-likeness (QED) is 0.695. The van der Waals surface area contributed by atoms with Crippen molar-refractivity contribution in [2.45, 2.75) is 46.1 Å². The van der Waals surface area contributed by atoms with Crippen LogP contribution in [0.2, 0.25) is 0 Å². The summed E-state index contributed by atoms with van der Waals surface area (Å²) in [6.07, 6.45) is 4.70. The van der Waals surface area contributed by atoms with Gasteiger partial charge < -0.3 is 10.3 Å². The van der Waals surface area contributed by atoms with E-state index in [1.165, 1.54) is 5.56 Å². The van der Waals surface area contributed by atoms with E-state index in [1.54, 1.807) is 0 Å². The number of aryl methyl sites for hydroxylation is 2. The van der Waals surface area contributed by atoms with Crippen LogP contribution in [0.3, 0.4) is 0 Å². The zero-order valence-electron chi connectivity index (χ0n) is 15.4. The first-order valence-corrected chi connectivity index (χ1v) is 8.73. The minimum Gasteiger partial charge on any atom is -0.351 e. The van der Waals surface area contributed by atoms with E-state index < -0.39 is 0 Å². The molecule has 2 heterocycles. The van der Waals surface area contributed by atoms with Crippen molar-refractivity contribution >= 4 is 16.8 Å². The lowest BCUT2D eigenvalue weighted by Crippen LogP contribution is -2.25. The van der Waals surface area contributed by atoms with Crippen LogP contribution in [0.4, 0.5) is 0 Å². The smallest absolute Gasteiger partial charge is 0.267 e. The lowest BCUT2D eigenvalue weighted by atomic mass is 9.87. The summed E-state index contributed by atoms with van der Waals surface area (Å²) in [6, 6.07) is 8.24. The van der Waals surface area contributed by atoms with E-state index in [9.17, 15) is 4.79 Å². The van der Waals surface area contributed by atoms with Crippen LogP contribution >= 0.6 is 0 Å². The van der Waals surface area contributed by atoms with Crippen LogP contribution in [0.25, 0.3) is 10.9 Å². The third-order valence-electron chi connectivity index (χ3n) is 4.35. The number of amides is 1. The molecule has 1 amide bonds. The minimum absolute atomic E-state index is 0.0647. The highest BCUT2D eigenvalue weighted by Gasteiger charge is 2.15. The molecule has 0 unspecified atom stereocenters. The second-order valence-electron chi connectivity index (χ2n) is 7.63. The summed E-state index contributed by atoms with van der Waals surface area (Å²) in [4.78, 5) is 15.6. The Balaban J connectivity index is 1.60. The monoisotopic (exact) mass is 338 g/mol. The molecule has 0 aliphatic rings. The Labute approximate surface area is 148 Å². The molecule has 0 fully saturated rings. The van der Waals surface area contributed by atoms with Gasteiger partial charge in [-0.3, -0.25) is 9.48 Å². The maximum absolute atomic E-state index is 12.3. The van der Waals surface area contributed by atoms with Crippen LogP contribution in [0, 0.1) is 6.92 Å². The topological polar surface area (TPSA) is 62.7 Å². The number of aromatic amines is 1. The number of hydrogen-bond donors (Lipinski definition) is 2. The van der Waals surface area contributed by atoms with Gasteiger partial charge in [-0.1, -0.05) is 32.9 Å². The zero-order valence-corrected chi connectivity index (χ0v) is 15.4. The second kappa shape index (κ2) is 6.75. The molecule has 0 aliphatic heterocycles. The van der Waals surface area contributed by atoms with Gasteiger partial charge in [0, 0.05) is 30.2 Å². The molecule has 5 heteroatoms. The van der Waals surface area contributed by atoms with Gasteiger partial charge in [0.1, 0.15) is 5.69 Å². The van der Waals surface area contributed by atoms with Gasteiger partial charge in [-0.05, 0) is 42.0 Å². The van der Waals surface area contributed by atoms with Gasteiger partial charge in [-0.15, -0.1) is 0 Å². The van der Waals surface area contributed by atoms with Crippen molar-refractivity contribution in [2.24, 2.45) is 0 Å². The molecule has 0 aliphatic carbocycles. The standard InChI is InChI=1S/C20H26N4O/c1-14-12-22-24(13-14)9-5-8-21-19(25)18-10-15-6-7-16(20(2,3)4)11-17(15)23-18/h6-7,10-13,23H,5,8-9H2,1-4H3,(H,21,25). The molecule has 0 bridgehead atoms. The number of fused-ring (bicyclic) bond motifs is 1. The maximum Gasteiger partial charge on any atom is 0.267 e. The summed E-state index contributed by atoms with van der Waals surface area (Å²) < 4.78 is 1.90. The van der Waals surface area contributed by atoms with Crippen LogP contribution in [-0.4, -0.2) is 27.2 Å². The molecule has 25 heavy (non-hydrogen) atoms. The van der Waals surface area contributed by atoms with Crippen LogP contribution in [0.5, 0.6) is 0 Å². The van der Waals surface area contributed by atoms with Gasteiger partial charge in [-0.25, -0.2) is 0 Å². The summed E-state index contributed by atoms with van der Waals surface area (Å²) in [7, 11) is 0. The summed E-state index contributed by atoms with van der Waals surface area (Å²) in [5, 5.41) is 8.28. The zero-order chi connectivity index (χ0) is 18.0. The van der Waals surface area contributed by atoms with E-state index in [4.69, 9.17) is 0 Å². The van der Waals surface area contributed by atoms with Gasteiger partial charge in [0.15, 0.2) is 0 Å². The number of nitrogens with one attached hydrogen (secondary N) is 2. The van der Waals surface area contributed by atoms with Crippen LogP contribution < -0.4 is 5.32 Å². The third-order valence-corrected chi connectivity index (χ3v) is 4.35. The van der Waals surface area contributed by atoms with Crippen molar-refractivity contribution in [3.8, 4) is 0 Å². The highest BCUT2D eigenvalue weighted by molar-refractivity contribution is 5.98. The van der Waals surface area contributed by atoms with Gasteiger partial charge in [-0.2, -0.15) is 5.10 Å². The minimum atomic E-state index is -0.0647. The van der Waals surface area contributed by atoms with Crippen LogP contribution in [-0.2, 0) is 12.0 Å². The van der Waals surface area contributed by atoms with Crippen molar-refractivity contribution in [3.63, 3.8) is 0 Å². The fraction of sp³-hybridized carbons (Fsp3) is 0.400. The van der Waals surface area contributed by atoms with E-state index in [2.05, 4.69) is 54.4 Å².